The molecule has 2 atom stereocenters. The summed E-state index contributed by atoms with van der Waals surface area (Å²) in [5.41, 5.74) is 6.29. The number of rotatable bonds is 8. The van der Waals surface area contributed by atoms with E-state index in [0.717, 1.165) is 0 Å². The summed E-state index contributed by atoms with van der Waals surface area (Å²) in [5, 5.41) is 19.6. The third kappa shape index (κ3) is 5.26. The van der Waals surface area contributed by atoms with Crippen molar-refractivity contribution in [1.82, 2.24) is 0 Å². The lowest BCUT2D eigenvalue weighted by Gasteiger charge is -2.17. The Bertz CT molecular complexity index is 471. The molecule has 0 saturated carbocycles. The van der Waals surface area contributed by atoms with Crippen LogP contribution in [-0.2, 0) is 9.53 Å². The summed E-state index contributed by atoms with van der Waals surface area (Å²) in [5.74, 6) is -0.607. The molecule has 0 fully saturated rings. The Hall–Kier alpha value is -1.76. The predicted octanol–water partition coefficient (Wildman–Crippen LogP) is 0.566. The van der Waals surface area contributed by atoms with Crippen LogP contribution in [0, 0.1) is 0 Å². The molecule has 6 nitrogen and oxygen atoms in total. The smallest absolute Gasteiger partial charge is 0.305 e. The van der Waals surface area contributed by atoms with Gasteiger partial charge in [-0.3, -0.25) is 9.59 Å². The fourth-order valence-electron chi connectivity index (χ4n) is 1.88. The van der Waals surface area contributed by atoms with Gasteiger partial charge in [0, 0.05) is 12.0 Å². The molecule has 0 radical (unpaired) electrons. The minimum Gasteiger partial charge on any atom is -0.469 e. The van der Waals surface area contributed by atoms with Crippen molar-refractivity contribution in [3.63, 3.8) is 0 Å². The first-order valence-electron chi connectivity index (χ1n) is 6.75. The zero-order chi connectivity index (χ0) is 15.8. The van der Waals surface area contributed by atoms with Crippen LogP contribution in [0.2, 0.25) is 0 Å². The van der Waals surface area contributed by atoms with Crippen molar-refractivity contribution < 1.29 is 24.5 Å². The number of nitrogens with two attached hydrogens (primary N) is 1. The van der Waals surface area contributed by atoms with Crippen LogP contribution in [0.25, 0.3) is 0 Å². The van der Waals surface area contributed by atoms with Crippen LogP contribution in [0.15, 0.2) is 24.3 Å². The summed E-state index contributed by atoms with van der Waals surface area (Å²) in [4.78, 5) is 22.8. The number of ether oxygens (including phenoxy) is 1. The molecule has 0 aliphatic rings. The third-order valence-electron chi connectivity index (χ3n) is 3.18. The van der Waals surface area contributed by atoms with E-state index in [0.29, 0.717) is 17.5 Å². The average molecular weight is 295 g/mol. The van der Waals surface area contributed by atoms with Crippen LogP contribution in [-0.4, -0.2) is 41.7 Å². The number of aliphatic hydroxyl groups is 2. The zero-order valence-electron chi connectivity index (χ0n) is 12.0. The number of esters is 1. The molecule has 0 aliphatic carbocycles. The molecule has 4 N–H and O–H groups in total. The molecule has 0 spiro atoms. The lowest BCUT2D eigenvalue weighted by atomic mass is 9.99. The summed E-state index contributed by atoms with van der Waals surface area (Å²) in [7, 11) is 1.27. The minimum atomic E-state index is -1.03. The van der Waals surface area contributed by atoms with Crippen molar-refractivity contribution in [2.24, 2.45) is 5.73 Å². The van der Waals surface area contributed by atoms with Crippen molar-refractivity contribution in [2.75, 3.05) is 13.7 Å². The lowest BCUT2D eigenvalue weighted by Crippen LogP contribution is -2.21. The quantitative estimate of drug-likeness (QED) is 0.477. The van der Waals surface area contributed by atoms with E-state index >= 15 is 0 Å². The monoisotopic (exact) mass is 295 g/mol. The molecule has 1 aromatic rings. The van der Waals surface area contributed by atoms with Crippen LogP contribution >= 0.6 is 0 Å². The number of benzene rings is 1. The Balaban J connectivity index is 2.65. The second kappa shape index (κ2) is 8.51. The highest BCUT2D eigenvalue weighted by Crippen LogP contribution is 2.19. The van der Waals surface area contributed by atoms with Gasteiger partial charge in [-0.2, -0.15) is 0 Å². The van der Waals surface area contributed by atoms with Crippen LogP contribution in [0.1, 0.15) is 41.3 Å². The Morgan fingerprint density at radius 3 is 2.33 bits per heavy atom. The van der Waals surface area contributed by atoms with Crippen molar-refractivity contribution in [2.45, 2.75) is 31.5 Å². The van der Waals surface area contributed by atoms with E-state index < -0.39 is 18.2 Å². The molecule has 116 valence electrons. The molecule has 0 amide bonds. The van der Waals surface area contributed by atoms with Crippen molar-refractivity contribution in [3.05, 3.63) is 35.4 Å². The number of ketones is 1. The van der Waals surface area contributed by atoms with Crippen molar-refractivity contribution >= 4 is 11.8 Å². The van der Waals surface area contributed by atoms with E-state index in [1.165, 1.54) is 7.11 Å². The maximum atomic E-state index is 11.8. The van der Waals surface area contributed by atoms with E-state index in [-0.39, 0.29) is 25.2 Å². The fourth-order valence-corrected chi connectivity index (χ4v) is 1.88. The van der Waals surface area contributed by atoms with Gasteiger partial charge >= 0.3 is 5.97 Å². The normalized spacial score (nSPS) is 13.5. The number of hydrogen-bond donors (Lipinski definition) is 3. The van der Waals surface area contributed by atoms with Crippen LogP contribution < -0.4 is 5.73 Å². The summed E-state index contributed by atoms with van der Waals surface area (Å²) < 4.78 is 4.47. The Morgan fingerprint density at radius 2 is 1.81 bits per heavy atom. The van der Waals surface area contributed by atoms with Gasteiger partial charge in [-0.05, 0) is 18.5 Å². The number of hydrogen-bond acceptors (Lipinski definition) is 6. The molecule has 0 aromatic heterocycles. The van der Waals surface area contributed by atoms with Gasteiger partial charge < -0.3 is 20.7 Å². The molecule has 0 heterocycles. The fraction of sp³-hybridized carbons (Fsp3) is 0.467. The van der Waals surface area contributed by atoms with E-state index in [1.54, 1.807) is 24.3 Å². The molecule has 0 aliphatic heterocycles. The van der Waals surface area contributed by atoms with E-state index in [4.69, 9.17) is 5.73 Å². The largest absolute Gasteiger partial charge is 0.469 e. The van der Waals surface area contributed by atoms with E-state index in [9.17, 15) is 19.8 Å². The highest BCUT2D eigenvalue weighted by molar-refractivity contribution is 5.97. The molecule has 1 aromatic carbocycles. The van der Waals surface area contributed by atoms with Gasteiger partial charge in [0.2, 0.25) is 0 Å². The molecule has 2 unspecified atom stereocenters. The maximum absolute atomic E-state index is 11.8. The lowest BCUT2D eigenvalue weighted by molar-refractivity contribution is -0.140. The zero-order valence-corrected chi connectivity index (χ0v) is 12.0. The minimum absolute atomic E-state index is 0.0366. The number of carbonyl (C=O) groups excluding carboxylic acids is 2. The molecular formula is C15H21NO5. The highest BCUT2D eigenvalue weighted by Gasteiger charge is 2.18. The molecule has 1 rings (SSSR count). The van der Waals surface area contributed by atoms with Crippen LogP contribution in [0.3, 0.4) is 0 Å². The topological polar surface area (TPSA) is 110 Å². The van der Waals surface area contributed by atoms with Gasteiger partial charge in [0.1, 0.15) is 6.10 Å². The van der Waals surface area contributed by atoms with Crippen molar-refractivity contribution in [1.29, 1.82) is 0 Å². The summed E-state index contributed by atoms with van der Waals surface area (Å²) in [6.45, 7) is 0.280. The van der Waals surface area contributed by atoms with Gasteiger partial charge in [-0.15, -0.1) is 0 Å². The third-order valence-corrected chi connectivity index (χ3v) is 3.18. The Labute approximate surface area is 123 Å². The predicted molar refractivity (Wildman–Crippen MR) is 76.7 cm³/mol. The number of aliphatic hydroxyl groups excluding tert-OH is 2. The van der Waals surface area contributed by atoms with E-state index in [2.05, 4.69) is 4.74 Å². The number of Topliss-reactive ketones (excluding diaryl/α,β-unsaturated/α-hetero) is 1. The van der Waals surface area contributed by atoms with Gasteiger partial charge in [0.15, 0.2) is 5.78 Å². The average Bonchev–Trinajstić information content (AvgIpc) is 2.51. The molecule has 0 saturated heterocycles. The summed E-state index contributed by atoms with van der Waals surface area (Å²) >= 11 is 0. The van der Waals surface area contributed by atoms with Gasteiger partial charge in [0.25, 0.3) is 0 Å². The number of carbonyl (C=O) groups is 2. The molecule has 6 heteroatoms. The number of methoxy groups -OCH3 is 1. The van der Waals surface area contributed by atoms with E-state index in [1.807, 2.05) is 0 Å². The first-order valence-corrected chi connectivity index (χ1v) is 6.75. The first-order chi connectivity index (χ1) is 9.99. The molecule has 21 heavy (non-hydrogen) atoms. The van der Waals surface area contributed by atoms with Gasteiger partial charge in [-0.25, -0.2) is 0 Å². The van der Waals surface area contributed by atoms with Crippen LogP contribution in [0.4, 0.5) is 0 Å². The summed E-state index contributed by atoms with van der Waals surface area (Å²) in [6, 6.07) is 6.28. The summed E-state index contributed by atoms with van der Waals surface area (Å²) in [6.07, 6.45) is -1.57. The van der Waals surface area contributed by atoms with Gasteiger partial charge in [-0.1, -0.05) is 24.3 Å². The Morgan fingerprint density at radius 1 is 1.19 bits per heavy atom. The second-order valence-corrected chi connectivity index (χ2v) is 4.71. The Kier molecular flexibility index (Phi) is 7.01. The second-order valence-electron chi connectivity index (χ2n) is 4.71. The highest BCUT2D eigenvalue weighted by atomic mass is 16.5. The van der Waals surface area contributed by atoms with Crippen LogP contribution in [0.5, 0.6) is 0 Å². The first kappa shape index (κ1) is 17.3. The van der Waals surface area contributed by atoms with Crippen molar-refractivity contribution in [3.8, 4) is 0 Å². The molecular weight excluding hydrogens is 274 g/mol. The van der Waals surface area contributed by atoms with Gasteiger partial charge in [0.05, 0.1) is 19.6 Å². The molecule has 0 bridgehead atoms. The standard InChI is InChI=1S/C15H21NO5/c1-21-14(19)7-6-12(17)10-2-4-11(5-3-10)15(20)13(18)8-9-16/h2-5,13,15,18,20H,6-9,16H2,1H3. The SMILES string of the molecule is COC(=O)CCC(=O)c1ccc(C(O)C(O)CCN)cc1. The maximum Gasteiger partial charge on any atom is 0.305 e.